The smallest absolute Gasteiger partial charge is 0.335 e. The van der Waals surface area contributed by atoms with E-state index in [1.165, 1.54) is 0 Å². The molecule has 1 aromatic carbocycles. The quantitative estimate of drug-likeness (QED) is 0.554. The fraction of sp³-hybridized carbons (Fsp3) is 0.533. The van der Waals surface area contributed by atoms with Gasteiger partial charge < -0.3 is 19.3 Å². The van der Waals surface area contributed by atoms with E-state index in [0.717, 1.165) is 5.56 Å². The van der Waals surface area contributed by atoms with Crippen LogP contribution in [0.5, 0.6) is 5.75 Å². The van der Waals surface area contributed by atoms with Crippen molar-refractivity contribution in [2.75, 3.05) is 26.4 Å². The van der Waals surface area contributed by atoms with Crippen molar-refractivity contribution >= 4 is 5.97 Å². The molecule has 1 N–H and O–H groups in total. The zero-order valence-corrected chi connectivity index (χ0v) is 12.0. The Morgan fingerprint density at radius 3 is 2.45 bits per heavy atom. The molecule has 20 heavy (non-hydrogen) atoms. The van der Waals surface area contributed by atoms with Crippen molar-refractivity contribution in [2.45, 2.75) is 26.4 Å². The monoisotopic (exact) mass is 282 g/mol. The van der Waals surface area contributed by atoms with Gasteiger partial charge in [0.25, 0.3) is 0 Å². The molecular formula is C15H22O5. The summed E-state index contributed by atoms with van der Waals surface area (Å²) >= 11 is 0. The molecule has 1 atom stereocenters. The molecule has 1 rings (SSSR count). The molecule has 0 aliphatic heterocycles. The van der Waals surface area contributed by atoms with Crippen molar-refractivity contribution in [1.29, 1.82) is 0 Å². The van der Waals surface area contributed by atoms with Crippen LogP contribution in [0.15, 0.2) is 24.3 Å². The van der Waals surface area contributed by atoms with Crippen molar-refractivity contribution in [1.82, 2.24) is 0 Å². The van der Waals surface area contributed by atoms with E-state index in [4.69, 9.17) is 14.2 Å². The molecule has 0 heterocycles. The molecule has 0 fully saturated rings. The molecule has 0 spiro atoms. The summed E-state index contributed by atoms with van der Waals surface area (Å²) in [6.07, 6.45) is -0.215. The fourth-order valence-electron chi connectivity index (χ4n) is 1.70. The third-order valence-corrected chi connectivity index (χ3v) is 2.66. The van der Waals surface area contributed by atoms with Gasteiger partial charge in [-0.15, -0.1) is 0 Å². The Morgan fingerprint density at radius 2 is 1.85 bits per heavy atom. The summed E-state index contributed by atoms with van der Waals surface area (Å²) in [6.45, 7) is 5.36. The standard InChI is InChI=1S/C15H22O5/c1-3-18-9-10-20-15(17)14(19-4-2)11-12-5-7-13(16)8-6-12/h5-8,14,16H,3-4,9-11H2,1-2H3/t14-/m1/s1. The first-order valence-corrected chi connectivity index (χ1v) is 6.81. The van der Waals surface area contributed by atoms with Crippen LogP contribution in [0.25, 0.3) is 0 Å². The second-order valence-electron chi connectivity index (χ2n) is 4.18. The summed E-state index contributed by atoms with van der Waals surface area (Å²) in [5.74, 6) is -0.194. The van der Waals surface area contributed by atoms with Gasteiger partial charge in [-0.25, -0.2) is 4.79 Å². The highest BCUT2D eigenvalue weighted by Crippen LogP contribution is 2.13. The number of ether oxygens (including phenoxy) is 3. The number of carbonyl (C=O) groups excluding carboxylic acids is 1. The summed E-state index contributed by atoms with van der Waals surface area (Å²) in [5, 5.41) is 9.23. The number of esters is 1. The predicted octanol–water partition coefficient (Wildman–Crippen LogP) is 1.92. The molecule has 0 saturated heterocycles. The van der Waals surface area contributed by atoms with Crippen molar-refractivity contribution in [3.63, 3.8) is 0 Å². The van der Waals surface area contributed by atoms with Gasteiger partial charge in [0.15, 0.2) is 6.10 Å². The molecule has 1 aromatic rings. The van der Waals surface area contributed by atoms with E-state index < -0.39 is 6.10 Å². The maximum Gasteiger partial charge on any atom is 0.335 e. The third-order valence-electron chi connectivity index (χ3n) is 2.66. The van der Waals surface area contributed by atoms with Crippen LogP contribution >= 0.6 is 0 Å². The van der Waals surface area contributed by atoms with Crippen LogP contribution in [0.4, 0.5) is 0 Å². The third kappa shape index (κ3) is 6.04. The molecule has 0 bridgehead atoms. The Labute approximate surface area is 119 Å². The summed E-state index contributed by atoms with van der Waals surface area (Å²) in [7, 11) is 0. The molecule has 112 valence electrons. The Morgan fingerprint density at radius 1 is 1.15 bits per heavy atom. The zero-order valence-electron chi connectivity index (χ0n) is 12.0. The number of phenolic OH excluding ortho intramolecular Hbond substituents is 1. The lowest BCUT2D eigenvalue weighted by Crippen LogP contribution is -2.30. The average Bonchev–Trinajstić information content (AvgIpc) is 2.45. The van der Waals surface area contributed by atoms with Crippen molar-refractivity contribution in [3.05, 3.63) is 29.8 Å². The number of phenols is 1. The molecule has 5 heteroatoms. The van der Waals surface area contributed by atoms with E-state index in [1.54, 1.807) is 24.3 Å². The molecule has 0 aliphatic carbocycles. The lowest BCUT2D eigenvalue weighted by atomic mass is 10.1. The number of rotatable bonds is 9. The first-order chi connectivity index (χ1) is 9.67. The second-order valence-corrected chi connectivity index (χ2v) is 4.18. The molecule has 0 amide bonds. The summed E-state index contributed by atoms with van der Waals surface area (Å²) in [6, 6.07) is 6.68. The minimum absolute atomic E-state index is 0.195. The normalized spacial score (nSPS) is 12.1. The first-order valence-electron chi connectivity index (χ1n) is 6.81. The maximum absolute atomic E-state index is 11.9. The summed E-state index contributed by atoms with van der Waals surface area (Å²) in [5.41, 5.74) is 0.906. The maximum atomic E-state index is 11.9. The van der Waals surface area contributed by atoms with E-state index in [9.17, 15) is 9.90 Å². The number of benzene rings is 1. The Hall–Kier alpha value is -1.59. The number of aromatic hydroxyl groups is 1. The lowest BCUT2D eigenvalue weighted by Gasteiger charge is -2.16. The van der Waals surface area contributed by atoms with Gasteiger partial charge in [-0.3, -0.25) is 0 Å². The molecular weight excluding hydrogens is 260 g/mol. The van der Waals surface area contributed by atoms with E-state index in [2.05, 4.69) is 0 Å². The fourth-order valence-corrected chi connectivity index (χ4v) is 1.70. The van der Waals surface area contributed by atoms with Crippen molar-refractivity contribution in [2.24, 2.45) is 0 Å². The molecule has 0 saturated carbocycles. The van der Waals surface area contributed by atoms with Gasteiger partial charge in [0.05, 0.1) is 6.61 Å². The van der Waals surface area contributed by atoms with Crippen LogP contribution in [0.2, 0.25) is 0 Å². The van der Waals surface area contributed by atoms with Gasteiger partial charge in [-0.05, 0) is 31.5 Å². The number of hydrogen-bond acceptors (Lipinski definition) is 5. The SMILES string of the molecule is CCOCCOC(=O)[C@@H](Cc1ccc(O)cc1)OCC. The zero-order chi connectivity index (χ0) is 14.8. The van der Waals surface area contributed by atoms with Gasteiger partial charge in [-0.1, -0.05) is 12.1 Å². The first kappa shape index (κ1) is 16.5. The van der Waals surface area contributed by atoms with E-state index in [1.807, 2.05) is 13.8 Å². The largest absolute Gasteiger partial charge is 0.508 e. The van der Waals surface area contributed by atoms with Crippen LogP contribution in [-0.4, -0.2) is 43.6 Å². The summed E-state index contributed by atoms with van der Waals surface area (Å²) in [4.78, 5) is 11.9. The topological polar surface area (TPSA) is 65.0 Å². The van der Waals surface area contributed by atoms with Crippen LogP contribution in [-0.2, 0) is 25.4 Å². The average molecular weight is 282 g/mol. The highest BCUT2D eigenvalue weighted by Gasteiger charge is 2.20. The Kier molecular flexibility index (Phi) is 7.69. The number of carbonyl (C=O) groups is 1. The van der Waals surface area contributed by atoms with Crippen LogP contribution in [0.3, 0.4) is 0 Å². The number of hydrogen-bond donors (Lipinski definition) is 1. The minimum Gasteiger partial charge on any atom is -0.508 e. The van der Waals surface area contributed by atoms with Crippen LogP contribution in [0.1, 0.15) is 19.4 Å². The van der Waals surface area contributed by atoms with Gasteiger partial charge in [0.2, 0.25) is 0 Å². The van der Waals surface area contributed by atoms with E-state index in [-0.39, 0.29) is 18.3 Å². The van der Waals surface area contributed by atoms with Crippen molar-refractivity contribution in [3.8, 4) is 5.75 Å². The molecule has 0 radical (unpaired) electrons. The van der Waals surface area contributed by atoms with Gasteiger partial charge in [-0.2, -0.15) is 0 Å². The minimum atomic E-state index is -0.633. The van der Waals surface area contributed by atoms with Crippen LogP contribution in [0, 0.1) is 0 Å². The molecule has 0 aromatic heterocycles. The highest BCUT2D eigenvalue weighted by molar-refractivity contribution is 5.75. The highest BCUT2D eigenvalue weighted by atomic mass is 16.6. The Balaban J connectivity index is 2.50. The predicted molar refractivity (Wildman–Crippen MR) is 74.7 cm³/mol. The molecule has 0 unspecified atom stereocenters. The Bertz CT molecular complexity index is 388. The van der Waals surface area contributed by atoms with Gasteiger partial charge in [0, 0.05) is 19.6 Å². The second kappa shape index (κ2) is 9.34. The molecule has 0 aliphatic rings. The van der Waals surface area contributed by atoms with Gasteiger partial charge in [0.1, 0.15) is 12.4 Å². The van der Waals surface area contributed by atoms with Gasteiger partial charge >= 0.3 is 5.97 Å². The van der Waals surface area contributed by atoms with Crippen molar-refractivity contribution < 1.29 is 24.1 Å². The lowest BCUT2D eigenvalue weighted by molar-refractivity contribution is -0.158. The summed E-state index contributed by atoms with van der Waals surface area (Å²) < 4.78 is 15.6. The molecule has 5 nitrogen and oxygen atoms in total. The van der Waals surface area contributed by atoms with Crippen LogP contribution < -0.4 is 0 Å². The van der Waals surface area contributed by atoms with E-state index >= 15 is 0 Å². The van der Waals surface area contributed by atoms with E-state index in [0.29, 0.717) is 26.2 Å².